The molecule has 10 atom stereocenters. The first-order chi connectivity index (χ1) is 14.7. The van der Waals surface area contributed by atoms with Gasteiger partial charge < -0.3 is 4.74 Å². The number of ether oxygens (including phenoxy) is 1. The van der Waals surface area contributed by atoms with Crippen molar-refractivity contribution in [2.24, 2.45) is 51.5 Å². The molecule has 5 rings (SSSR count). The summed E-state index contributed by atoms with van der Waals surface area (Å²) in [5, 5.41) is 4.11. The van der Waals surface area contributed by atoms with Crippen molar-refractivity contribution in [3.05, 3.63) is 10.4 Å². The van der Waals surface area contributed by atoms with E-state index in [-0.39, 0.29) is 11.6 Å². The molecule has 0 amide bonds. The Morgan fingerprint density at radius 3 is 2.58 bits per heavy atom. The highest BCUT2D eigenvalue weighted by Gasteiger charge is 2.76. The Morgan fingerprint density at radius 2 is 1.84 bits per heavy atom. The van der Waals surface area contributed by atoms with Crippen LogP contribution in [0.2, 0.25) is 0 Å². The van der Waals surface area contributed by atoms with Crippen LogP contribution in [0.3, 0.4) is 0 Å². The molecule has 0 N–H and O–H groups in total. The van der Waals surface area contributed by atoms with E-state index in [1.54, 1.807) is 0 Å². The van der Waals surface area contributed by atoms with E-state index in [1.165, 1.54) is 57.8 Å². The Bertz CT molecular complexity index is 747. The summed E-state index contributed by atoms with van der Waals surface area (Å²) >= 11 is 0. The molecule has 1 heterocycles. The molecule has 5 fully saturated rings. The summed E-state index contributed by atoms with van der Waals surface area (Å²) in [5.41, 5.74) is 9.84. The Hall–Kier alpha value is -0.730. The SMILES string of the molecule is CC(C)CCC[C@@H](C)[C@H]1CC[C@H]2[C@@H]3C[C@H]4OC45C[C@@H](N=[N+]=[N-])CC[C@]5(C)[C@H]3CC[C@]12C. The van der Waals surface area contributed by atoms with E-state index in [1.807, 2.05) is 0 Å². The molecule has 1 spiro atoms. The summed E-state index contributed by atoms with van der Waals surface area (Å²) in [7, 11) is 0. The van der Waals surface area contributed by atoms with Gasteiger partial charge in [0.15, 0.2) is 0 Å². The van der Waals surface area contributed by atoms with Gasteiger partial charge in [0.25, 0.3) is 0 Å². The van der Waals surface area contributed by atoms with E-state index in [9.17, 15) is 0 Å². The monoisotopic (exact) mass is 427 g/mol. The second kappa shape index (κ2) is 7.66. The third kappa shape index (κ3) is 3.22. The molecule has 0 aromatic heterocycles. The third-order valence-electron chi connectivity index (χ3n) is 11.5. The van der Waals surface area contributed by atoms with Gasteiger partial charge in [0.1, 0.15) is 5.60 Å². The maximum absolute atomic E-state index is 8.96. The van der Waals surface area contributed by atoms with Crippen molar-refractivity contribution in [1.82, 2.24) is 0 Å². The molecular weight excluding hydrogens is 382 g/mol. The van der Waals surface area contributed by atoms with Gasteiger partial charge in [-0.25, -0.2) is 0 Å². The quantitative estimate of drug-likeness (QED) is 0.184. The minimum Gasteiger partial charge on any atom is -0.365 e. The first-order valence-electron chi connectivity index (χ1n) is 13.5. The van der Waals surface area contributed by atoms with Gasteiger partial charge in [0, 0.05) is 16.4 Å². The molecule has 1 unspecified atom stereocenters. The second-order valence-corrected chi connectivity index (χ2v) is 13.2. The number of azide groups is 1. The van der Waals surface area contributed by atoms with E-state index < -0.39 is 0 Å². The van der Waals surface area contributed by atoms with Crippen LogP contribution < -0.4 is 0 Å². The standard InChI is InChI=1S/C27H45N3O/c1-17(2)7-6-8-18(3)21-9-10-22-20-15-24-27(31-24)16-19(29-30-28)11-14-26(27,5)23(20)12-13-25(21,22)4/h17-24H,6-16H2,1-5H3/t18-,19+,20+,21-,22+,23+,24-,25-,26-,27?/m1/s1. The van der Waals surface area contributed by atoms with E-state index >= 15 is 0 Å². The van der Waals surface area contributed by atoms with Gasteiger partial charge in [0.2, 0.25) is 0 Å². The lowest BCUT2D eigenvalue weighted by Gasteiger charge is -2.59. The van der Waals surface area contributed by atoms with Gasteiger partial charge in [-0.3, -0.25) is 0 Å². The van der Waals surface area contributed by atoms with Crippen LogP contribution in [0.25, 0.3) is 10.4 Å². The van der Waals surface area contributed by atoms with Gasteiger partial charge in [-0.05, 0) is 97.8 Å². The summed E-state index contributed by atoms with van der Waals surface area (Å²) in [6.07, 6.45) is 14.9. The van der Waals surface area contributed by atoms with E-state index in [0.29, 0.717) is 16.9 Å². The number of hydrogen-bond acceptors (Lipinski definition) is 2. The van der Waals surface area contributed by atoms with Crippen molar-refractivity contribution in [2.45, 2.75) is 123 Å². The fourth-order valence-electron chi connectivity index (χ4n) is 9.85. The van der Waals surface area contributed by atoms with E-state index in [2.05, 4.69) is 44.6 Å². The molecule has 4 saturated carbocycles. The maximum atomic E-state index is 8.96. The summed E-state index contributed by atoms with van der Waals surface area (Å²) < 4.78 is 6.59. The molecule has 0 bridgehead atoms. The van der Waals surface area contributed by atoms with E-state index in [4.69, 9.17) is 10.3 Å². The highest BCUT2D eigenvalue weighted by Crippen LogP contribution is 2.74. The van der Waals surface area contributed by atoms with Crippen LogP contribution >= 0.6 is 0 Å². The second-order valence-electron chi connectivity index (χ2n) is 13.2. The molecule has 0 aromatic rings. The molecule has 1 saturated heterocycles. The first-order valence-corrected chi connectivity index (χ1v) is 13.5. The average Bonchev–Trinajstić information content (AvgIpc) is 3.29. The molecular formula is C27H45N3O. The molecule has 31 heavy (non-hydrogen) atoms. The van der Waals surface area contributed by atoms with Crippen LogP contribution in [0.5, 0.6) is 0 Å². The van der Waals surface area contributed by atoms with Gasteiger partial charge in [-0.15, -0.1) is 0 Å². The van der Waals surface area contributed by atoms with Crippen LogP contribution in [0.1, 0.15) is 105 Å². The Kier molecular flexibility index (Phi) is 5.45. The third-order valence-corrected chi connectivity index (χ3v) is 11.5. The van der Waals surface area contributed by atoms with Crippen LogP contribution in [0, 0.1) is 46.3 Å². The predicted molar refractivity (Wildman–Crippen MR) is 126 cm³/mol. The van der Waals surface area contributed by atoms with Gasteiger partial charge >= 0.3 is 0 Å². The van der Waals surface area contributed by atoms with Crippen molar-refractivity contribution in [1.29, 1.82) is 0 Å². The van der Waals surface area contributed by atoms with Gasteiger partial charge in [-0.1, -0.05) is 59.0 Å². The highest BCUT2D eigenvalue weighted by atomic mass is 16.6. The van der Waals surface area contributed by atoms with Gasteiger partial charge in [0.05, 0.1) is 6.10 Å². The summed E-state index contributed by atoms with van der Waals surface area (Å²) in [6.45, 7) is 12.5. The Labute approximate surface area is 189 Å². The van der Waals surface area contributed by atoms with Crippen molar-refractivity contribution < 1.29 is 4.74 Å². The smallest absolute Gasteiger partial charge is 0.101 e. The number of fused-ring (bicyclic) bond motifs is 4. The van der Waals surface area contributed by atoms with Crippen LogP contribution in [-0.2, 0) is 4.74 Å². The Balaban J connectivity index is 1.32. The summed E-state index contributed by atoms with van der Waals surface area (Å²) in [4.78, 5) is 3.13. The molecule has 4 aliphatic carbocycles. The summed E-state index contributed by atoms with van der Waals surface area (Å²) in [5.74, 6) is 5.20. The lowest BCUT2D eigenvalue weighted by atomic mass is 9.44. The van der Waals surface area contributed by atoms with Crippen molar-refractivity contribution >= 4 is 0 Å². The predicted octanol–water partition coefficient (Wildman–Crippen LogP) is 7.92. The zero-order valence-electron chi connectivity index (χ0n) is 20.6. The Morgan fingerprint density at radius 1 is 1.03 bits per heavy atom. The van der Waals surface area contributed by atoms with Crippen LogP contribution in [0.15, 0.2) is 5.11 Å². The van der Waals surface area contributed by atoms with Crippen LogP contribution in [-0.4, -0.2) is 17.7 Å². The fraction of sp³-hybridized carbons (Fsp3) is 1.00. The van der Waals surface area contributed by atoms with Crippen molar-refractivity contribution in [3.63, 3.8) is 0 Å². The number of rotatable bonds is 6. The molecule has 0 aromatic carbocycles. The molecule has 4 heteroatoms. The number of epoxide rings is 1. The minimum absolute atomic E-state index is 0.0289. The minimum atomic E-state index is 0.0289. The lowest BCUT2D eigenvalue weighted by molar-refractivity contribution is -0.102. The molecule has 174 valence electrons. The molecule has 0 radical (unpaired) electrons. The van der Waals surface area contributed by atoms with Gasteiger partial charge in [-0.2, -0.15) is 0 Å². The van der Waals surface area contributed by atoms with E-state index in [0.717, 1.165) is 48.3 Å². The average molecular weight is 428 g/mol. The summed E-state index contributed by atoms with van der Waals surface area (Å²) in [6, 6.07) is 0.149. The van der Waals surface area contributed by atoms with Crippen molar-refractivity contribution in [3.8, 4) is 0 Å². The maximum Gasteiger partial charge on any atom is 0.101 e. The topological polar surface area (TPSA) is 61.3 Å². The molecule has 5 aliphatic rings. The first kappa shape index (κ1) is 22.1. The molecule has 4 nitrogen and oxygen atoms in total. The number of hydrogen-bond donors (Lipinski definition) is 0. The van der Waals surface area contributed by atoms with Crippen LogP contribution in [0.4, 0.5) is 0 Å². The fourth-order valence-corrected chi connectivity index (χ4v) is 9.85. The highest BCUT2D eigenvalue weighted by molar-refractivity contribution is 5.24. The van der Waals surface area contributed by atoms with Crippen molar-refractivity contribution in [2.75, 3.05) is 0 Å². The zero-order chi connectivity index (χ0) is 22.0. The zero-order valence-corrected chi connectivity index (χ0v) is 20.6. The normalized spacial score (nSPS) is 51.2. The lowest BCUT2D eigenvalue weighted by Crippen LogP contribution is -2.58. The largest absolute Gasteiger partial charge is 0.365 e. The molecule has 1 aliphatic heterocycles. The number of nitrogens with zero attached hydrogens (tertiary/aromatic N) is 3.